The average molecular weight is 281 g/mol. The van der Waals surface area contributed by atoms with Crippen LogP contribution in [0.2, 0.25) is 0 Å². The van der Waals surface area contributed by atoms with Crippen molar-refractivity contribution in [1.29, 1.82) is 0 Å². The molecule has 0 heterocycles. The molecule has 0 aliphatic heterocycles. The number of esters is 1. The molecular weight excluding hydrogens is 262 g/mol. The summed E-state index contributed by atoms with van der Waals surface area (Å²) in [7, 11) is 3.14. The van der Waals surface area contributed by atoms with Crippen LogP contribution < -0.4 is 9.47 Å². The van der Waals surface area contributed by atoms with Gasteiger partial charge in [-0.05, 0) is 37.1 Å². The minimum Gasteiger partial charge on any atom is -0.497 e. The summed E-state index contributed by atoms with van der Waals surface area (Å²) in [6.45, 7) is 1.93. The first-order valence-corrected chi connectivity index (χ1v) is 6.25. The molecule has 0 aliphatic carbocycles. The van der Waals surface area contributed by atoms with E-state index in [0.717, 1.165) is 5.56 Å². The zero-order valence-electron chi connectivity index (χ0n) is 11.9. The highest BCUT2D eigenvalue weighted by atomic mass is 16.5. The van der Waals surface area contributed by atoms with Gasteiger partial charge >= 0.3 is 5.97 Å². The predicted molar refractivity (Wildman–Crippen MR) is 73.7 cm³/mol. The van der Waals surface area contributed by atoms with E-state index >= 15 is 0 Å². The molecule has 0 saturated heterocycles. The summed E-state index contributed by atoms with van der Waals surface area (Å²) in [6.07, 6.45) is 0.720. The lowest BCUT2D eigenvalue weighted by Crippen LogP contribution is -2.18. The fraction of sp³-hybridized carbons (Fsp3) is 0.429. The third-order valence-corrected chi connectivity index (χ3v) is 2.75. The average Bonchev–Trinajstić information content (AvgIpc) is 2.47. The molecule has 110 valence electrons. The molecule has 20 heavy (non-hydrogen) atoms. The fourth-order valence-corrected chi connectivity index (χ4v) is 1.74. The largest absolute Gasteiger partial charge is 0.497 e. The van der Waals surface area contributed by atoms with E-state index in [1.54, 1.807) is 33.3 Å². The molecule has 1 aromatic carbocycles. The Kier molecular flexibility index (Phi) is 6.36. The van der Waals surface area contributed by atoms with E-state index < -0.39 is 5.97 Å². The van der Waals surface area contributed by atoms with Crippen molar-refractivity contribution >= 4 is 11.7 Å². The van der Waals surface area contributed by atoms with Crippen molar-refractivity contribution in [3.05, 3.63) is 23.8 Å². The summed E-state index contributed by atoms with van der Waals surface area (Å²) < 4.78 is 15.2. The van der Waals surface area contributed by atoms with E-state index in [9.17, 15) is 4.79 Å². The zero-order chi connectivity index (χ0) is 15.0. The Hall–Kier alpha value is -2.24. The second kappa shape index (κ2) is 8.04. The summed E-state index contributed by atoms with van der Waals surface area (Å²) in [5.74, 6) is 0.767. The number of benzene rings is 1. The van der Waals surface area contributed by atoms with Crippen molar-refractivity contribution in [1.82, 2.24) is 0 Å². The van der Waals surface area contributed by atoms with E-state index in [0.29, 0.717) is 17.9 Å². The molecule has 6 nitrogen and oxygen atoms in total. The molecule has 0 amide bonds. The molecule has 0 bridgehead atoms. The van der Waals surface area contributed by atoms with Crippen LogP contribution in [-0.4, -0.2) is 37.7 Å². The standard InChI is InChI=1S/C14H19NO5/c1-4-20-14(16)12(15-17)7-5-10-9-11(18-2)6-8-13(10)19-3/h6,8-9,17H,4-5,7H2,1-3H3/b15-12+. The first-order chi connectivity index (χ1) is 9.65. The highest BCUT2D eigenvalue weighted by Crippen LogP contribution is 2.25. The van der Waals surface area contributed by atoms with Crippen LogP contribution in [0.4, 0.5) is 0 Å². The zero-order valence-corrected chi connectivity index (χ0v) is 11.9. The smallest absolute Gasteiger partial charge is 0.356 e. The molecule has 0 aliphatic rings. The number of rotatable bonds is 7. The number of oxime groups is 1. The molecule has 1 rings (SSSR count). The van der Waals surface area contributed by atoms with Crippen LogP contribution in [0.5, 0.6) is 11.5 Å². The predicted octanol–water partition coefficient (Wildman–Crippen LogP) is 2.03. The molecule has 0 radical (unpaired) electrons. The van der Waals surface area contributed by atoms with E-state index in [-0.39, 0.29) is 18.7 Å². The molecule has 0 fully saturated rings. The van der Waals surface area contributed by atoms with Gasteiger partial charge in [0.05, 0.1) is 20.8 Å². The number of ether oxygens (including phenoxy) is 3. The van der Waals surface area contributed by atoms with Gasteiger partial charge in [-0.2, -0.15) is 0 Å². The SMILES string of the molecule is CCOC(=O)/C(CCc1cc(OC)ccc1OC)=N/O. The Morgan fingerprint density at radius 3 is 2.60 bits per heavy atom. The lowest BCUT2D eigenvalue weighted by atomic mass is 10.1. The van der Waals surface area contributed by atoms with Crippen LogP contribution in [-0.2, 0) is 16.0 Å². The van der Waals surface area contributed by atoms with Gasteiger partial charge in [-0.15, -0.1) is 0 Å². The number of hydrogen-bond acceptors (Lipinski definition) is 6. The molecule has 1 aromatic rings. The van der Waals surface area contributed by atoms with Crippen LogP contribution in [0.25, 0.3) is 0 Å². The van der Waals surface area contributed by atoms with Crippen LogP contribution in [0.3, 0.4) is 0 Å². The number of aryl methyl sites for hydroxylation is 1. The van der Waals surface area contributed by atoms with Crippen molar-refractivity contribution < 1.29 is 24.2 Å². The molecule has 1 N–H and O–H groups in total. The number of carbonyl (C=O) groups is 1. The van der Waals surface area contributed by atoms with Gasteiger partial charge in [0.15, 0.2) is 5.71 Å². The van der Waals surface area contributed by atoms with E-state index in [1.807, 2.05) is 6.07 Å². The van der Waals surface area contributed by atoms with Gasteiger partial charge in [-0.1, -0.05) is 5.16 Å². The van der Waals surface area contributed by atoms with Crippen molar-refractivity contribution in [2.24, 2.45) is 5.16 Å². The molecule has 0 spiro atoms. The Labute approximate surface area is 117 Å². The first kappa shape index (κ1) is 15.8. The minimum absolute atomic E-state index is 0.0169. The van der Waals surface area contributed by atoms with Crippen LogP contribution in [0.15, 0.2) is 23.4 Å². The Morgan fingerprint density at radius 2 is 2.05 bits per heavy atom. The third kappa shape index (κ3) is 4.15. The van der Waals surface area contributed by atoms with Gasteiger partial charge < -0.3 is 19.4 Å². The number of hydrogen-bond donors (Lipinski definition) is 1. The number of methoxy groups -OCH3 is 2. The molecule has 0 aromatic heterocycles. The maximum atomic E-state index is 11.5. The fourth-order valence-electron chi connectivity index (χ4n) is 1.74. The second-order valence-corrected chi connectivity index (χ2v) is 3.94. The normalized spacial score (nSPS) is 11.1. The monoisotopic (exact) mass is 281 g/mol. The van der Waals surface area contributed by atoms with Crippen LogP contribution in [0.1, 0.15) is 18.9 Å². The summed E-state index contributed by atoms with van der Waals surface area (Å²) in [5.41, 5.74) is 0.842. The number of carbonyl (C=O) groups excluding carboxylic acids is 1. The molecule has 0 unspecified atom stereocenters. The summed E-state index contributed by atoms with van der Waals surface area (Å²) in [5, 5.41) is 11.8. The summed E-state index contributed by atoms with van der Waals surface area (Å²) in [4.78, 5) is 11.5. The van der Waals surface area contributed by atoms with E-state index in [4.69, 9.17) is 19.4 Å². The van der Waals surface area contributed by atoms with E-state index in [2.05, 4.69) is 5.16 Å². The van der Waals surface area contributed by atoms with Gasteiger partial charge in [0, 0.05) is 6.42 Å². The van der Waals surface area contributed by atoms with Crippen molar-refractivity contribution in [2.45, 2.75) is 19.8 Å². The van der Waals surface area contributed by atoms with Gasteiger partial charge in [-0.3, -0.25) is 0 Å². The van der Waals surface area contributed by atoms with E-state index in [1.165, 1.54) is 0 Å². The third-order valence-electron chi connectivity index (χ3n) is 2.75. The maximum Gasteiger partial charge on any atom is 0.356 e. The van der Waals surface area contributed by atoms with Crippen molar-refractivity contribution in [2.75, 3.05) is 20.8 Å². The number of nitrogens with zero attached hydrogens (tertiary/aromatic N) is 1. The Morgan fingerprint density at radius 1 is 1.30 bits per heavy atom. The van der Waals surface area contributed by atoms with Crippen molar-refractivity contribution in [3.8, 4) is 11.5 Å². The Balaban J connectivity index is 2.79. The molecule has 0 saturated carbocycles. The van der Waals surface area contributed by atoms with Gasteiger partial charge in [0.2, 0.25) is 0 Å². The van der Waals surface area contributed by atoms with Crippen molar-refractivity contribution in [3.63, 3.8) is 0 Å². The highest BCUT2D eigenvalue weighted by molar-refractivity contribution is 6.36. The maximum absolute atomic E-state index is 11.5. The van der Waals surface area contributed by atoms with Gasteiger partial charge in [0.1, 0.15) is 11.5 Å². The minimum atomic E-state index is -0.614. The molecule has 6 heteroatoms. The van der Waals surface area contributed by atoms with Crippen LogP contribution >= 0.6 is 0 Å². The quantitative estimate of drug-likeness (QED) is 0.358. The summed E-state index contributed by atoms with van der Waals surface area (Å²) in [6, 6.07) is 5.39. The lowest BCUT2D eigenvalue weighted by molar-refractivity contribution is -0.135. The van der Waals surface area contributed by atoms with Crippen LogP contribution in [0, 0.1) is 0 Å². The molecular formula is C14H19NO5. The summed E-state index contributed by atoms with van der Waals surface area (Å²) >= 11 is 0. The van der Waals surface area contributed by atoms with Gasteiger partial charge in [0.25, 0.3) is 0 Å². The first-order valence-electron chi connectivity index (χ1n) is 6.25. The topological polar surface area (TPSA) is 77.4 Å². The Bertz CT molecular complexity index is 484. The van der Waals surface area contributed by atoms with Gasteiger partial charge in [-0.25, -0.2) is 4.79 Å². The molecule has 0 atom stereocenters. The second-order valence-electron chi connectivity index (χ2n) is 3.94. The highest BCUT2D eigenvalue weighted by Gasteiger charge is 2.15. The lowest BCUT2D eigenvalue weighted by Gasteiger charge is -2.10.